The Bertz CT molecular complexity index is 695. The number of pyridine rings is 1. The SMILES string of the molecule is Cc1cccc(CN(C)S(=O)(=O)c2ccc(CO)s2)n1. The highest BCUT2D eigenvalue weighted by Crippen LogP contribution is 2.25. The predicted octanol–water partition coefficient (Wildman–Crippen LogP) is 1.76. The van der Waals surface area contributed by atoms with E-state index in [9.17, 15) is 8.42 Å². The third-order valence-electron chi connectivity index (χ3n) is 2.79. The molecule has 2 heterocycles. The molecule has 0 fully saturated rings. The van der Waals surface area contributed by atoms with Gasteiger partial charge in [0.05, 0.1) is 18.8 Å². The lowest BCUT2D eigenvalue weighted by molar-refractivity contribution is 0.285. The van der Waals surface area contributed by atoms with E-state index in [1.54, 1.807) is 12.1 Å². The maximum atomic E-state index is 12.4. The van der Waals surface area contributed by atoms with Gasteiger partial charge in [-0.1, -0.05) is 6.07 Å². The van der Waals surface area contributed by atoms with E-state index < -0.39 is 10.0 Å². The zero-order chi connectivity index (χ0) is 14.8. The molecule has 1 N–H and O–H groups in total. The highest BCUT2D eigenvalue weighted by molar-refractivity contribution is 7.91. The molecule has 0 saturated carbocycles. The van der Waals surface area contributed by atoms with Crippen LogP contribution in [-0.4, -0.2) is 29.9 Å². The van der Waals surface area contributed by atoms with Crippen molar-refractivity contribution in [1.29, 1.82) is 0 Å². The largest absolute Gasteiger partial charge is 0.391 e. The van der Waals surface area contributed by atoms with E-state index >= 15 is 0 Å². The first-order valence-corrected chi connectivity index (χ1v) is 8.27. The second kappa shape index (κ2) is 6.01. The Labute approximate surface area is 122 Å². The van der Waals surface area contributed by atoms with Gasteiger partial charge in [-0.3, -0.25) is 4.98 Å². The monoisotopic (exact) mass is 312 g/mol. The molecule has 0 amide bonds. The number of hydrogen-bond donors (Lipinski definition) is 1. The molecule has 0 radical (unpaired) electrons. The minimum atomic E-state index is -3.54. The zero-order valence-corrected chi connectivity index (χ0v) is 12.9. The van der Waals surface area contributed by atoms with E-state index in [1.165, 1.54) is 17.4 Å². The fraction of sp³-hybridized carbons (Fsp3) is 0.308. The van der Waals surface area contributed by atoms with Gasteiger partial charge in [0.2, 0.25) is 0 Å². The van der Waals surface area contributed by atoms with Gasteiger partial charge in [-0.05, 0) is 31.2 Å². The van der Waals surface area contributed by atoms with Crippen molar-refractivity contribution in [2.45, 2.75) is 24.3 Å². The van der Waals surface area contributed by atoms with Crippen molar-refractivity contribution in [1.82, 2.24) is 9.29 Å². The van der Waals surface area contributed by atoms with Gasteiger partial charge in [0, 0.05) is 17.6 Å². The number of nitrogens with zero attached hydrogens (tertiary/aromatic N) is 2. The van der Waals surface area contributed by atoms with Gasteiger partial charge >= 0.3 is 0 Å². The van der Waals surface area contributed by atoms with Gasteiger partial charge in [0.1, 0.15) is 4.21 Å². The summed E-state index contributed by atoms with van der Waals surface area (Å²) in [6, 6.07) is 8.66. The fourth-order valence-electron chi connectivity index (χ4n) is 1.74. The number of rotatable bonds is 5. The lowest BCUT2D eigenvalue weighted by atomic mass is 10.3. The van der Waals surface area contributed by atoms with Crippen LogP contribution in [0.3, 0.4) is 0 Å². The van der Waals surface area contributed by atoms with Crippen molar-refractivity contribution in [2.75, 3.05) is 7.05 Å². The van der Waals surface area contributed by atoms with Crippen LogP contribution in [0.5, 0.6) is 0 Å². The van der Waals surface area contributed by atoms with Crippen molar-refractivity contribution >= 4 is 21.4 Å². The van der Waals surface area contributed by atoms with Crippen LogP contribution in [0.4, 0.5) is 0 Å². The number of aryl methyl sites for hydroxylation is 1. The molecule has 0 aliphatic heterocycles. The topological polar surface area (TPSA) is 70.5 Å². The Balaban J connectivity index is 2.21. The summed E-state index contributed by atoms with van der Waals surface area (Å²) in [5.74, 6) is 0. The highest BCUT2D eigenvalue weighted by Gasteiger charge is 2.23. The molecule has 108 valence electrons. The molecule has 0 spiro atoms. The van der Waals surface area contributed by atoms with Gasteiger partial charge in [0.15, 0.2) is 0 Å². The first-order valence-electron chi connectivity index (χ1n) is 6.02. The van der Waals surface area contributed by atoms with Crippen LogP contribution in [0.1, 0.15) is 16.3 Å². The number of thiophene rings is 1. The Hall–Kier alpha value is -1.28. The Kier molecular flexibility index (Phi) is 4.54. The smallest absolute Gasteiger partial charge is 0.252 e. The first-order chi connectivity index (χ1) is 9.43. The summed E-state index contributed by atoms with van der Waals surface area (Å²) in [6.45, 7) is 1.94. The van der Waals surface area contributed by atoms with Gasteiger partial charge < -0.3 is 5.11 Å². The van der Waals surface area contributed by atoms with Crippen molar-refractivity contribution in [2.24, 2.45) is 0 Å². The van der Waals surface area contributed by atoms with E-state index in [-0.39, 0.29) is 17.4 Å². The molecule has 2 aromatic heterocycles. The van der Waals surface area contributed by atoms with Gasteiger partial charge in [-0.25, -0.2) is 8.42 Å². The lowest BCUT2D eigenvalue weighted by Gasteiger charge is -2.15. The van der Waals surface area contributed by atoms with Crippen molar-refractivity contribution in [3.63, 3.8) is 0 Å². The summed E-state index contributed by atoms with van der Waals surface area (Å²) in [5, 5.41) is 9.01. The van der Waals surface area contributed by atoms with Crippen LogP contribution in [0, 0.1) is 6.92 Å². The van der Waals surface area contributed by atoms with Crippen LogP contribution in [0.15, 0.2) is 34.5 Å². The lowest BCUT2D eigenvalue weighted by Crippen LogP contribution is -2.26. The minimum absolute atomic E-state index is 0.149. The van der Waals surface area contributed by atoms with E-state index in [0.29, 0.717) is 10.6 Å². The molecule has 0 aromatic carbocycles. The van der Waals surface area contributed by atoms with Gasteiger partial charge in [-0.2, -0.15) is 4.31 Å². The summed E-state index contributed by atoms with van der Waals surface area (Å²) in [5.41, 5.74) is 1.56. The normalized spacial score (nSPS) is 12.0. The van der Waals surface area contributed by atoms with Crippen LogP contribution < -0.4 is 0 Å². The summed E-state index contributed by atoms with van der Waals surface area (Å²) in [4.78, 5) is 4.93. The molecule has 0 aliphatic rings. The second-order valence-electron chi connectivity index (χ2n) is 4.41. The number of aromatic nitrogens is 1. The molecular formula is C13H16N2O3S2. The zero-order valence-electron chi connectivity index (χ0n) is 11.3. The van der Waals surface area contributed by atoms with E-state index in [1.807, 2.05) is 19.1 Å². The molecule has 0 aliphatic carbocycles. The molecule has 0 atom stereocenters. The Morgan fingerprint density at radius 3 is 2.65 bits per heavy atom. The number of hydrogen-bond acceptors (Lipinski definition) is 5. The van der Waals surface area contributed by atoms with Gasteiger partial charge in [-0.15, -0.1) is 11.3 Å². The van der Waals surface area contributed by atoms with Crippen molar-refractivity contribution < 1.29 is 13.5 Å². The average Bonchev–Trinajstić information content (AvgIpc) is 2.88. The number of aliphatic hydroxyl groups is 1. The predicted molar refractivity (Wildman–Crippen MR) is 77.9 cm³/mol. The van der Waals surface area contributed by atoms with Crippen LogP contribution in [0.2, 0.25) is 0 Å². The fourth-order valence-corrected chi connectivity index (χ4v) is 4.30. The van der Waals surface area contributed by atoms with Crippen molar-refractivity contribution in [3.05, 3.63) is 46.6 Å². The van der Waals surface area contributed by atoms with E-state index in [0.717, 1.165) is 17.0 Å². The van der Waals surface area contributed by atoms with E-state index in [2.05, 4.69) is 4.98 Å². The first kappa shape index (κ1) is 15.1. The quantitative estimate of drug-likeness (QED) is 0.913. The van der Waals surface area contributed by atoms with Gasteiger partial charge in [0.25, 0.3) is 10.0 Å². The molecule has 2 aromatic rings. The van der Waals surface area contributed by atoms with Crippen molar-refractivity contribution in [3.8, 4) is 0 Å². The second-order valence-corrected chi connectivity index (χ2v) is 7.85. The Morgan fingerprint density at radius 2 is 2.05 bits per heavy atom. The maximum Gasteiger partial charge on any atom is 0.252 e. The summed E-state index contributed by atoms with van der Waals surface area (Å²) < 4.78 is 26.3. The summed E-state index contributed by atoms with van der Waals surface area (Å²) >= 11 is 1.08. The summed E-state index contributed by atoms with van der Waals surface area (Å²) in [7, 11) is -2.01. The number of aliphatic hydroxyl groups excluding tert-OH is 1. The number of sulfonamides is 1. The highest BCUT2D eigenvalue weighted by atomic mass is 32.2. The third kappa shape index (κ3) is 3.24. The van der Waals surface area contributed by atoms with Crippen LogP contribution >= 0.6 is 11.3 Å². The summed E-state index contributed by atoms with van der Waals surface area (Å²) in [6.07, 6.45) is 0. The standard InChI is InChI=1S/C13H16N2O3S2/c1-10-4-3-5-11(14-10)8-15(2)20(17,18)13-7-6-12(9-16)19-13/h3-7,16H,8-9H2,1-2H3. The molecule has 5 nitrogen and oxygen atoms in total. The molecule has 7 heteroatoms. The van der Waals surface area contributed by atoms with Crippen LogP contribution in [0.25, 0.3) is 0 Å². The molecule has 2 rings (SSSR count). The third-order valence-corrected chi connectivity index (χ3v) is 6.13. The van der Waals surface area contributed by atoms with E-state index in [4.69, 9.17) is 5.11 Å². The Morgan fingerprint density at radius 1 is 1.30 bits per heavy atom. The average molecular weight is 312 g/mol. The molecule has 0 saturated heterocycles. The molecule has 20 heavy (non-hydrogen) atoms. The molecular weight excluding hydrogens is 296 g/mol. The molecule has 0 bridgehead atoms. The van der Waals surface area contributed by atoms with Crippen LogP contribution in [-0.2, 0) is 23.2 Å². The maximum absolute atomic E-state index is 12.4. The minimum Gasteiger partial charge on any atom is -0.391 e. The molecule has 0 unspecified atom stereocenters.